The number of pyridine rings is 2. The van der Waals surface area contributed by atoms with Gasteiger partial charge in [-0.25, -0.2) is 4.98 Å². The number of nitrogens with zero attached hydrogens (tertiary/aromatic N) is 5. The summed E-state index contributed by atoms with van der Waals surface area (Å²) in [4.78, 5) is 37.4. The predicted octanol–water partition coefficient (Wildman–Crippen LogP) is 7.94. The molecule has 3 aromatic carbocycles. The van der Waals surface area contributed by atoms with Crippen molar-refractivity contribution in [2.75, 3.05) is 31.5 Å². The lowest BCUT2D eigenvalue weighted by atomic mass is 9.82. The number of nitrogens with one attached hydrogen (secondary N) is 1. The number of nitro groups is 1. The van der Waals surface area contributed by atoms with Gasteiger partial charge in [0.2, 0.25) is 5.58 Å². The van der Waals surface area contributed by atoms with Crippen LogP contribution in [0.1, 0.15) is 53.1 Å². The second-order valence-electron chi connectivity index (χ2n) is 15.3. The number of furan rings is 1. The Hall–Kier alpha value is -5.69. The van der Waals surface area contributed by atoms with Crippen molar-refractivity contribution < 1.29 is 24.3 Å². The van der Waals surface area contributed by atoms with Gasteiger partial charge in [0.1, 0.15) is 11.3 Å². The number of non-ortho nitro benzene ring substituents is 1. The zero-order valence-electron chi connectivity index (χ0n) is 30.8. The molecule has 9 rings (SSSR count). The van der Waals surface area contributed by atoms with Gasteiger partial charge in [0.25, 0.3) is 0 Å². The van der Waals surface area contributed by atoms with Gasteiger partial charge in [-0.3, -0.25) is 29.7 Å². The summed E-state index contributed by atoms with van der Waals surface area (Å²) in [5, 5.41) is 37.1. The largest absolute Gasteiger partial charge is 0.481 e. The molecular formula is C43H42N6O6. The highest BCUT2D eigenvalue weighted by Crippen LogP contribution is 2.46. The molecule has 2 saturated heterocycles. The molecule has 2 atom stereocenters. The monoisotopic (exact) mass is 738 g/mol. The molecule has 2 aliphatic heterocycles. The van der Waals surface area contributed by atoms with Crippen molar-refractivity contribution in [3.8, 4) is 22.5 Å². The summed E-state index contributed by atoms with van der Waals surface area (Å²) < 4.78 is 6.42. The van der Waals surface area contributed by atoms with Crippen molar-refractivity contribution in [1.82, 2.24) is 19.8 Å². The van der Waals surface area contributed by atoms with Crippen LogP contribution in [0.3, 0.4) is 0 Å². The number of aryl methyl sites for hydroxylation is 1. The number of β-amino-alcohol motifs (C(OH)–C–C–N with tert-alkyl or cyclic N) is 1. The van der Waals surface area contributed by atoms with E-state index in [2.05, 4.69) is 52.1 Å². The Bertz CT molecular complexity index is 2510. The van der Waals surface area contributed by atoms with E-state index in [0.717, 1.165) is 105 Å². The number of rotatable bonds is 9. The van der Waals surface area contributed by atoms with Gasteiger partial charge in [0.15, 0.2) is 5.82 Å². The highest BCUT2D eigenvalue weighted by molar-refractivity contribution is 5.95. The molecule has 2 fully saturated rings. The molecule has 6 aromatic rings. The van der Waals surface area contributed by atoms with Gasteiger partial charge in [-0.15, -0.1) is 0 Å². The predicted molar refractivity (Wildman–Crippen MR) is 210 cm³/mol. The fourth-order valence-electron chi connectivity index (χ4n) is 8.92. The second-order valence-corrected chi connectivity index (χ2v) is 15.3. The van der Waals surface area contributed by atoms with E-state index in [1.807, 2.05) is 42.6 Å². The van der Waals surface area contributed by atoms with Crippen LogP contribution in [-0.4, -0.2) is 73.2 Å². The lowest BCUT2D eigenvalue weighted by molar-refractivity contribution is -0.383. The number of aliphatic hydroxyl groups excluding tert-OH is 1. The number of nitro benzene ring substituents is 1. The first kappa shape index (κ1) is 35.0. The molecule has 3 aliphatic rings. The normalized spacial score (nSPS) is 19.1. The zero-order chi connectivity index (χ0) is 38.0. The summed E-state index contributed by atoms with van der Waals surface area (Å²) in [6.07, 6.45) is 6.74. The molecule has 0 saturated carbocycles. The third kappa shape index (κ3) is 6.29. The first-order valence-electron chi connectivity index (χ1n) is 18.9. The van der Waals surface area contributed by atoms with Gasteiger partial charge < -0.3 is 19.9 Å². The molecule has 1 unspecified atom stereocenters. The van der Waals surface area contributed by atoms with Crippen LogP contribution in [0.25, 0.3) is 44.3 Å². The van der Waals surface area contributed by atoms with Gasteiger partial charge in [-0.05, 0) is 103 Å². The van der Waals surface area contributed by atoms with E-state index in [-0.39, 0.29) is 28.3 Å². The van der Waals surface area contributed by atoms with E-state index in [4.69, 9.17) is 9.40 Å². The topological polar surface area (TPSA) is 158 Å². The van der Waals surface area contributed by atoms with Crippen molar-refractivity contribution >= 4 is 45.0 Å². The van der Waals surface area contributed by atoms with Crippen LogP contribution >= 0.6 is 0 Å². The van der Waals surface area contributed by atoms with Crippen LogP contribution in [0.2, 0.25) is 0 Å². The Morgan fingerprint density at radius 3 is 2.55 bits per heavy atom. The van der Waals surface area contributed by atoms with Crippen LogP contribution in [0, 0.1) is 29.9 Å². The highest BCUT2D eigenvalue weighted by Gasteiger charge is 2.40. The van der Waals surface area contributed by atoms with Crippen molar-refractivity contribution in [3.63, 3.8) is 0 Å². The SMILES string of the molecule is Cc1c(Nc2nccc3cc(CN4CC[C@@H](O)C4)cnc23)cccc1-c1cccc(-c2cc3c4c(cc([N+](=O)[O-])c3o2)C(N2CC(C(=O)O)C2)CCC4)c1C. The molecule has 1 aliphatic carbocycles. The lowest BCUT2D eigenvalue weighted by Crippen LogP contribution is -2.52. The number of benzene rings is 3. The minimum atomic E-state index is -0.798. The second kappa shape index (κ2) is 13.9. The molecule has 0 amide bonds. The highest BCUT2D eigenvalue weighted by atomic mass is 16.6. The Morgan fingerprint density at radius 1 is 1.00 bits per heavy atom. The number of aliphatic carboxylic acids is 1. The van der Waals surface area contributed by atoms with Gasteiger partial charge in [0, 0.05) is 79.2 Å². The van der Waals surface area contributed by atoms with E-state index < -0.39 is 11.9 Å². The third-order valence-electron chi connectivity index (χ3n) is 11.9. The average Bonchev–Trinajstić information content (AvgIpc) is 3.78. The Kier molecular flexibility index (Phi) is 8.83. The van der Waals surface area contributed by atoms with E-state index in [9.17, 15) is 25.1 Å². The van der Waals surface area contributed by atoms with Crippen LogP contribution in [-0.2, 0) is 17.8 Å². The fraction of sp³-hybridized carbons (Fsp3) is 0.326. The summed E-state index contributed by atoms with van der Waals surface area (Å²) in [6, 6.07) is 19.9. The number of carbonyl (C=O) groups is 1. The number of carboxylic acids is 1. The molecule has 3 aromatic heterocycles. The molecule has 3 N–H and O–H groups in total. The summed E-state index contributed by atoms with van der Waals surface area (Å²) in [5.74, 6) is 0.0360. The molecule has 12 heteroatoms. The van der Waals surface area contributed by atoms with Crippen LogP contribution in [0.15, 0.2) is 77.5 Å². The number of hydrogen-bond donors (Lipinski definition) is 3. The maximum atomic E-state index is 12.4. The first-order valence-corrected chi connectivity index (χ1v) is 18.9. The Labute approximate surface area is 317 Å². The average molecular weight is 739 g/mol. The van der Waals surface area contributed by atoms with Crippen molar-refractivity contribution in [2.45, 2.75) is 58.2 Å². The molecule has 5 heterocycles. The molecule has 0 radical (unpaired) electrons. The van der Waals surface area contributed by atoms with E-state index >= 15 is 0 Å². The smallest absolute Gasteiger partial charge is 0.312 e. The summed E-state index contributed by atoms with van der Waals surface area (Å²) >= 11 is 0. The molecule has 0 spiro atoms. The number of likely N-dealkylation sites (tertiary alicyclic amines) is 2. The van der Waals surface area contributed by atoms with E-state index in [1.54, 1.807) is 12.3 Å². The van der Waals surface area contributed by atoms with Crippen LogP contribution < -0.4 is 5.32 Å². The van der Waals surface area contributed by atoms with Gasteiger partial charge >= 0.3 is 11.7 Å². The van der Waals surface area contributed by atoms with Gasteiger partial charge in [0.05, 0.1) is 16.9 Å². The number of anilines is 2. The molecule has 0 bridgehead atoms. The van der Waals surface area contributed by atoms with Gasteiger partial charge in [-0.1, -0.05) is 30.3 Å². The summed E-state index contributed by atoms with van der Waals surface area (Å²) in [7, 11) is 0. The minimum Gasteiger partial charge on any atom is -0.481 e. The summed E-state index contributed by atoms with van der Waals surface area (Å²) in [6.45, 7) is 7.33. The van der Waals surface area contributed by atoms with Gasteiger partial charge in [-0.2, -0.15) is 0 Å². The van der Waals surface area contributed by atoms with Crippen LogP contribution in [0.5, 0.6) is 0 Å². The number of aromatic nitrogens is 2. The van der Waals surface area contributed by atoms with Crippen molar-refractivity contribution in [3.05, 3.63) is 111 Å². The standard InChI is InChI=1S/C43H42N6O6/c1-24-30(31-7-4-10-36(25(31)2)46-42-40-27(12-14-44-42)16-26(19-45-40)20-47-15-13-29(50)23-47)6-3-8-32(24)39-18-35-33-9-5-11-37(48-21-28(22-48)43(51)52)34(33)17-38(49(53)54)41(35)55-39/h3-4,6-8,10,12,14,16-19,28-29,37,50H,5,9,11,13,15,20-23H2,1-2H3,(H,44,46)(H,51,52)/t29-,37?/m1/s1. The van der Waals surface area contributed by atoms with E-state index in [1.165, 1.54) is 0 Å². The number of hydrogen-bond acceptors (Lipinski definition) is 10. The number of fused-ring (bicyclic) bond motifs is 4. The third-order valence-corrected chi connectivity index (χ3v) is 11.9. The number of aliphatic hydroxyl groups is 1. The quantitative estimate of drug-likeness (QED) is 0.0977. The summed E-state index contributed by atoms with van der Waals surface area (Å²) in [5.41, 5.74) is 9.86. The fourth-order valence-corrected chi connectivity index (χ4v) is 8.92. The number of carboxylic acid groups (broad SMARTS) is 1. The van der Waals surface area contributed by atoms with E-state index in [0.29, 0.717) is 31.2 Å². The molecular weight excluding hydrogens is 697 g/mol. The lowest BCUT2D eigenvalue weighted by Gasteiger charge is -2.44. The Balaban J connectivity index is 1.03. The zero-order valence-corrected chi connectivity index (χ0v) is 30.8. The molecule has 12 nitrogen and oxygen atoms in total. The maximum Gasteiger partial charge on any atom is 0.312 e. The van der Waals surface area contributed by atoms with Crippen molar-refractivity contribution in [1.29, 1.82) is 0 Å². The van der Waals surface area contributed by atoms with Crippen LogP contribution in [0.4, 0.5) is 17.2 Å². The molecule has 280 valence electrons. The van der Waals surface area contributed by atoms with Crippen molar-refractivity contribution in [2.24, 2.45) is 5.92 Å². The minimum absolute atomic E-state index is 0.0531. The maximum absolute atomic E-state index is 12.4. The Morgan fingerprint density at radius 2 is 1.78 bits per heavy atom. The first-order chi connectivity index (χ1) is 26.6. The molecule has 55 heavy (non-hydrogen) atoms.